The third-order valence-electron chi connectivity index (χ3n) is 3.26. The summed E-state index contributed by atoms with van der Waals surface area (Å²) in [6.45, 7) is 4.13. The molecule has 4 N–H and O–H groups in total. The molecule has 1 heterocycles. The average Bonchev–Trinajstić information content (AvgIpc) is 2.83. The van der Waals surface area contributed by atoms with Gasteiger partial charge in [-0.1, -0.05) is 6.07 Å². The number of nitrogens with one attached hydrogen (secondary N) is 2. The van der Waals surface area contributed by atoms with Gasteiger partial charge in [-0.25, -0.2) is 13.1 Å². The molecule has 0 aliphatic rings. The highest BCUT2D eigenvalue weighted by atomic mass is 32.2. The number of hydrogen-bond acceptors (Lipinski definition) is 5. The Morgan fingerprint density at radius 2 is 2.04 bits per heavy atom. The maximum Gasteiger partial charge on any atom is 0.246 e. The summed E-state index contributed by atoms with van der Waals surface area (Å²) in [7, 11) is -3.64. The molecule has 130 valence electrons. The number of carbonyl (C=O) groups excluding carboxylic acids is 1. The maximum atomic E-state index is 12.1. The van der Waals surface area contributed by atoms with Crippen molar-refractivity contribution >= 4 is 21.6 Å². The third-order valence-corrected chi connectivity index (χ3v) is 4.72. The number of sulfonamides is 1. The Bertz CT molecular complexity index is 829. The first-order chi connectivity index (χ1) is 11.3. The predicted octanol–water partition coefficient (Wildman–Crippen LogP) is 0.376. The minimum absolute atomic E-state index is 0.0576. The molecule has 8 nitrogen and oxygen atoms in total. The van der Waals surface area contributed by atoms with Crippen LogP contribution in [0, 0.1) is 13.8 Å². The topological polar surface area (TPSA) is 119 Å². The molecule has 0 atom stereocenters. The predicted molar refractivity (Wildman–Crippen MR) is 91.0 cm³/mol. The molecule has 0 saturated heterocycles. The van der Waals surface area contributed by atoms with E-state index in [9.17, 15) is 13.2 Å². The number of aryl methyl sites for hydroxylation is 2. The first kappa shape index (κ1) is 18.1. The van der Waals surface area contributed by atoms with Gasteiger partial charge in [-0.3, -0.25) is 9.48 Å². The van der Waals surface area contributed by atoms with E-state index in [2.05, 4.69) is 15.1 Å². The highest BCUT2D eigenvalue weighted by Crippen LogP contribution is 2.15. The van der Waals surface area contributed by atoms with Crippen molar-refractivity contribution in [1.82, 2.24) is 14.5 Å². The van der Waals surface area contributed by atoms with Gasteiger partial charge >= 0.3 is 0 Å². The quantitative estimate of drug-likeness (QED) is 0.666. The van der Waals surface area contributed by atoms with Crippen LogP contribution < -0.4 is 15.8 Å². The fourth-order valence-corrected chi connectivity index (χ4v) is 3.28. The largest absolute Gasteiger partial charge is 0.329 e. The summed E-state index contributed by atoms with van der Waals surface area (Å²) in [4.78, 5) is 12.2. The highest BCUT2D eigenvalue weighted by molar-refractivity contribution is 7.89. The second kappa shape index (κ2) is 7.56. The van der Waals surface area contributed by atoms with Gasteiger partial charge in [0.15, 0.2) is 0 Å². The van der Waals surface area contributed by atoms with Crippen LogP contribution in [0.2, 0.25) is 0 Å². The Balaban J connectivity index is 2.09. The number of nitrogens with zero attached hydrogens (tertiary/aromatic N) is 2. The maximum absolute atomic E-state index is 12.1. The molecule has 24 heavy (non-hydrogen) atoms. The van der Waals surface area contributed by atoms with Crippen molar-refractivity contribution in [3.05, 3.63) is 41.7 Å². The number of rotatable bonds is 7. The van der Waals surface area contributed by atoms with E-state index in [1.807, 2.05) is 19.9 Å². The second-order valence-electron chi connectivity index (χ2n) is 5.35. The van der Waals surface area contributed by atoms with Gasteiger partial charge in [0.05, 0.1) is 10.6 Å². The van der Waals surface area contributed by atoms with E-state index >= 15 is 0 Å². The van der Waals surface area contributed by atoms with Crippen molar-refractivity contribution in [2.24, 2.45) is 5.73 Å². The molecule has 0 unspecified atom stereocenters. The van der Waals surface area contributed by atoms with E-state index in [1.165, 1.54) is 12.1 Å². The van der Waals surface area contributed by atoms with E-state index in [0.29, 0.717) is 5.69 Å². The van der Waals surface area contributed by atoms with E-state index < -0.39 is 10.0 Å². The highest BCUT2D eigenvalue weighted by Gasteiger charge is 2.14. The molecule has 1 aromatic carbocycles. The molecule has 0 aliphatic heterocycles. The van der Waals surface area contributed by atoms with Crippen molar-refractivity contribution in [1.29, 1.82) is 0 Å². The molecular formula is C15H21N5O3S. The SMILES string of the molecule is Cc1cc(C)n(CC(=O)Nc2cccc(S(=O)(=O)NCCN)c2)n1. The molecule has 0 spiro atoms. The van der Waals surface area contributed by atoms with E-state index in [1.54, 1.807) is 16.8 Å². The molecule has 0 saturated carbocycles. The van der Waals surface area contributed by atoms with Crippen LogP contribution in [0.25, 0.3) is 0 Å². The summed E-state index contributed by atoms with van der Waals surface area (Å²) < 4.78 is 28.1. The van der Waals surface area contributed by atoms with Crippen LogP contribution >= 0.6 is 0 Å². The molecule has 0 bridgehead atoms. The smallest absolute Gasteiger partial charge is 0.246 e. The normalized spacial score (nSPS) is 11.5. The zero-order valence-corrected chi connectivity index (χ0v) is 14.4. The van der Waals surface area contributed by atoms with E-state index in [-0.39, 0.29) is 30.4 Å². The van der Waals surface area contributed by atoms with Crippen molar-refractivity contribution in [2.75, 3.05) is 18.4 Å². The molecule has 1 aromatic heterocycles. The van der Waals surface area contributed by atoms with Gasteiger partial charge in [0.25, 0.3) is 0 Å². The van der Waals surface area contributed by atoms with E-state index in [0.717, 1.165) is 11.4 Å². The number of aromatic nitrogens is 2. The van der Waals surface area contributed by atoms with Gasteiger partial charge in [0.2, 0.25) is 15.9 Å². The Morgan fingerprint density at radius 1 is 1.29 bits per heavy atom. The minimum atomic E-state index is -3.64. The summed E-state index contributed by atoms with van der Waals surface area (Å²) in [5, 5.41) is 6.90. The number of anilines is 1. The van der Waals surface area contributed by atoms with Gasteiger partial charge in [-0.2, -0.15) is 5.10 Å². The zero-order chi connectivity index (χ0) is 17.7. The lowest BCUT2D eigenvalue weighted by atomic mass is 10.3. The third kappa shape index (κ3) is 4.63. The second-order valence-corrected chi connectivity index (χ2v) is 7.11. The van der Waals surface area contributed by atoms with Crippen molar-refractivity contribution in [3.63, 3.8) is 0 Å². The van der Waals surface area contributed by atoms with Crippen LogP contribution in [0.5, 0.6) is 0 Å². The van der Waals surface area contributed by atoms with Crippen LogP contribution in [0.15, 0.2) is 35.2 Å². The lowest BCUT2D eigenvalue weighted by Crippen LogP contribution is -2.29. The summed E-state index contributed by atoms with van der Waals surface area (Å²) in [5.74, 6) is -0.286. The van der Waals surface area contributed by atoms with Crippen LogP contribution in [0.4, 0.5) is 5.69 Å². The van der Waals surface area contributed by atoms with E-state index in [4.69, 9.17) is 5.73 Å². The summed E-state index contributed by atoms with van der Waals surface area (Å²) in [6, 6.07) is 7.92. The van der Waals surface area contributed by atoms with Crippen LogP contribution in [0.1, 0.15) is 11.4 Å². The van der Waals surface area contributed by atoms with Crippen molar-refractivity contribution in [2.45, 2.75) is 25.3 Å². The Labute approximate surface area is 141 Å². The first-order valence-electron chi connectivity index (χ1n) is 7.42. The number of hydrogen-bond donors (Lipinski definition) is 3. The van der Waals surface area contributed by atoms with Crippen molar-refractivity contribution in [3.8, 4) is 0 Å². The summed E-state index contributed by atoms with van der Waals surface area (Å²) in [6.07, 6.45) is 0. The summed E-state index contributed by atoms with van der Waals surface area (Å²) >= 11 is 0. The fourth-order valence-electron chi connectivity index (χ4n) is 2.19. The number of nitrogens with two attached hydrogens (primary N) is 1. The number of amides is 1. The van der Waals surface area contributed by atoms with Gasteiger partial charge in [-0.05, 0) is 38.1 Å². The molecular weight excluding hydrogens is 330 g/mol. The molecule has 2 aromatic rings. The molecule has 0 radical (unpaired) electrons. The Morgan fingerprint density at radius 3 is 2.67 bits per heavy atom. The zero-order valence-electron chi connectivity index (χ0n) is 13.6. The van der Waals surface area contributed by atoms with Gasteiger partial charge in [0, 0.05) is 24.5 Å². The molecule has 1 amide bonds. The lowest BCUT2D eigenvalue weighted by molar-refractivity contribution is -0.116. The number of carbonyl (C=O) groups is 1. The van der Waals surface area contributed by atoms with Gasteiger partial charge < -0.3 is 11.1 Å². The van der Waals surface area contributed by atoms with Crippen LogP contribution in [0.3, 0.4) is 0 Å². The molecule has 0 fully saturated rings. The standard InChI is InChI=1S/C15H21N5O3S/c1-11-8-12(2)20(19-11)10-15(21)18-13-4-3-5-14(9-13)24(22,23)17-7-6-16/h3-5,8-9,17H,6-7,10,16H2,1-2H3,(H,18,21). The summed E-state index contributed by atoms with van der Waals surface area (Å²) in [5.41, 5.74) is 7.42. The first-order valence-corrected chi connectivity index (χ1v) is 8.91. The fraction of sp³-hybridized carbons (Fsp3) is 0.333. The molecule has 9 heteroatoms. The molecule has 0 aliphatic carbocycles. The van der Waals surface area contributed by atoms with Gasteiger partial charge in [-0.15, -0.1) is 0 Å². The van der Waals surface area contributed by atoms with Crippen LogP contribution in [-0.2, 0) is 21.4 Å². The Hall–Kier alpha value is -2.23. The van der Waals surface area contributed by atoms with Gasteiger partial charge in [0.1, 0.15) is 6.54 Å². The lowest BCUT2D eigenvalue weighted by Gasteiger charge is -2.09. The monoisotopic (exact) mass is 351 g/mol. The van der Waals surface area contributed by atoms with Crippen molar-refractivity contribution < 1.29 is 13.2 Å². The molecule has 2 rings (SSSR count). The Kier molecular flexibility index (Phi) is 5.71. The number of benzene rings is 1. The average molecular weight is 351 g/mol. The minimum Gasteiger partial charge on any atom is -0.329 e. The van der Waals surface area contributed by atoms with Crippen LogP contribution in [-0.4, -0.2) is 37.2 Å².